The third-order valence-corrected chi connectivity index (χ3v) is 2.93. The van der Waals surface area contributed by atoms with Crippen molar-refractivity contribution in [3.05, 3.63) is 34.6 Å². The van der Waals surface area contributed by atoms with Crippen molar-refractivity contribution in [2.45, 2.75) is 12.5 Å². The molecule has 0 aliphatic heterocycles. The molecule has 1 rings (SSSR count). The molecule has 1 unspecified atom stereocenters. The van der Waals surface area contributed by atoms with Gasteiger partial charge in [0.1, 0.15) is 5.82 Å². The van der Waals surface area contributed by atoms with E-state index in [1.165, 1.54) is 6.07 Å². The number of ether oxygens (including phenoxy) is 2. The minimum atomic E-state index is -0.385. The number of rotatable bonds is 8. The number of hydrogen-bond donors (Lipinski definition) is 1. The Morgan fingerprint density at radius 3 is 2.78 bits per heavy atom. The zero-order valence-corrected chi connectivity index (χ0v) is 11.5. The van der Waals surface area contributed by atoms with Crippen molar-refractivity contribution in [3.8, 4) is 0 Å². The van der Waals surface area contributed by atoms with Gasteiger partial charge in [0.25, 0.3) is 0 Å². The Labute approximate surface area is 112 Å². The maximum absolute atomic E-state index is 13.3. The molecule has 1 atom stereocenters. The van der Waals surface area contributed by atoms with Gasteiger partial charge in [0, 0.05) is 13.2 Å². The van der Waals surface area contributed by atoms with Gasteiger partial charge in [-0.1, -0.05) is 17.7 Å². The van der Waals surface area contributed by atoms with E-state index in [2.05, 4.69) is 5.32 Å². The maximum atomic E-state index is 13.3. The highest BCUT2D eigenvalue weighted by Gasteiger charge is 2.09. The molecule has 1 N–H and O–H groups in total. The number of methoxy groups -OCH3 is 1. The first-order valence-electron chi connectivity index (χ1n) is 5.85. The minimum absolute atomic E-state index is 0.141. The molecule has 0 aliphatic rings. The van der Waals surface area contributed by atoms with E-state index < -0.39 is 0 Å². The predicted molar refractivity (Wildman–Crippen MR) is 70.7 cm³/mol. The fourth-order valence-electron chi connectivity index (χ4n) is 1.56. The Morgan fingerprint density at radius 2 is 2.17 bits per heavy atom. The predicted octanol–water partition coefficient (Wildman–Crippen LogP) is 2.27. The Kier molecular flexibility index (Phi) is 7.20. The summed E-state index contributed by atoms with van der Waals surface area (Å²) in [5.74, 6) is -0.385. The lowest BCUT2D eigenvalue weighted by Gasteiger charge is -2.16. The minimum Gasteiger partial charge on any atom is -0.382 e. The molecule has 0 amide bonds. The van der Waals surface area contributed by atoms with Crippen LogP contribution in [-0.4, -0.2) is 40.0 Å². The van der Waals surface area contributed by atoms with Gasteiger partial charge in [0.15, 0.2) is 0 Å². The SMILES string of the molecule is CNC(COCCOC)Cc1ccc(Cl)c(F)c1. The molecule has 0 saturated carbocycles. The molecule has 0 aliphatic carbocycles. The van der Waals surface area contributed by atoms with Crippen LogP contribution in [0.3, 0.4) is 0 Å². The smallest absolute Gasteiger partial charge is 0.142 e. The summed E-state index contributed by atoms with van der Waals surface area (Å²) in [5.41, 5.74) is 0.895. The summed E-state index contributed by atoms with van der Waals surface area (Å²) in [6, 6.07) is 5.00. The van der Waals surface area contributed by atoms with Crippen LogP contribution < -0.4 is 5.32 Å². The number of likely N-dealkylation sites (N-methyl/N-ethyl adjacent to an activating group) is 1. The van der Waals surface area contributed by atoms with Crippen LogP contribution in [0.4, 0.5) is 4.39 Å². The molecule has 3 nitrogen and oxygen atoms in total. The molecule has 102 valence electrons. The van der Waals surface area contributed by atoms with Gasteiger partial charge in [0.05, 0.1) is 24.8 Å². The van der Waals surface area contributed by atoms with Gasteiger partial charge in [-0.3, -0.25) is 0 Å². The molecule has 0 radical (unpaired) electrons. The third-order valence-electron chi connectivity index (χ3n) is 2.63. The van der Waals surface area contributed by atoms with Crippen LogP contribution in [-0.2, 0) is 15.9 Å². The largest absolute Gasteiger partial charge is 0.382 e. The van der Waals surface area contributed by atoms with E-state index in [1.54, 1.807) is 13.2 Å². The molecule has 0 spiro atoms. The van der Waals surface area contributed by atoms with Crippen LogP contribution in [0.2, 0.25) is 5.02 Å². The Bertz CT molecular complexity index is 363. The van der Waals surface area contributed by atoms with Gasteiger partial charge in [-0.2, -0.15) is 0 Å². The molecular formula is C13H19ClFNO2. The van der Waals surface area contributed by atoms with E-state index in [4.69, 9.17) is 21.1 Å². The summed E-state index contributed by atoms with van der Waals surface area (Å²) in [6.07, 6.45) is 0.692. The van der Waals surface area contributed by atoms with Crippen LogP contribution in [0.1, 0.15) is 5.56 Å². The van der Waals surface area contributed by atoms with Crippen molar-refractivity contribution < 1.29 is 13.9 Å². The summed E-state index contributed by atoms with van der Waals surface area (Å²) in [7, 11) is 3.49. The molecule has 0 heterocycles. The van der Waals surface area contributed by atoms with Gasteiger partial charge < -0.3 is 14.8 Å². The van der Waals surface area contributed by atoms with Crippen LogP contribution in [0, 0.1) is 5.82 Å². The first kappa shape index (κ1) is 15.4. The lowest BCUT2D eigenvalue weighted by atomic mass is 10.1. The first-order valence-corrected chi connectivity index (χ1v) is 6.23. The van der Waals surface area contributed by atoms with Crippen LogP contribution in [0.5, 0.6) is 0 Å². The summed E-state index contributed by atoms with van der Waals surface area (Å²) in [6.45, 7) is 1.69. The normalized spacial score (nSPS) is 12.7. The van der Waals surface area contributed by atoms with Crippen molar-refractivity contribution in [1.29, 1.82) is 0 Å². The maximum Gasteiger partial charge on any atom is 0.142 e. The molecule has 5 heteroatoms. The first-order chi connectivity index (χ1) is 8.67. The average molecular weight is 276 g/mol. The molecule has 0 saturated heterocycles. The summed E-state index contributed by atoms with van der Waals surface area (Å²) in [4.78, 5) is 0. The molecular weight excluding hydrogens is 257 g/mol. The lowest BCUT2D eigenvalue weighted by Crippen LogP contribution is -2.33. The summed E-state index contributed by atoms with van der Waals surface area (Å²) in [5, 5.41) is 3.29. The highest BCUT2D eigenvalue weighted by Crippen LogP contribution is 2.16. The van der Waals surface area contributed by atoms with E-state index in [1.807, 2.05) is 13.1 Å². The van der Waals surface area contributed by atoms with Gasteiger partial charge in [0.2, 0.25) is 0 Å². The van der Waals surface area contributed by atoms with E-state index in [0.717, 1.165) is 5.56 Å². The van der Waals surface area contributed by atoms with E-state index in [0.29, 0.717) is 26.2 Å². The topological polar surface area (TPSA) is 30.5 Å². The van der Waals surface area contributed by atoms with Gasteiger partial charge in [-0.05, 0) is 31.2 Å². The molecule has 0 bridgehead atoms. The molecule has 0 aromatic heterocycles. The number of benzene rings is 1. The zero-order valence-electron chi connectivity index (χ0n) is 10.7. The second kappa shape index (κ2) is 8.43. The van der Waals surface area contributed by atoms with Crippen molar-refractivity contribution in [1.82, 2.24) is 5.32 Å². The zero-order chi connectivity index (χ0) is 13.4. The van der Waals surface area contributed by atoms with Gasteiger partial charge in [-0.25, -0.2) is 4.39 Å². The second-order valence-electron chi connectivity index (χ2n) is 4.01. The standard InChI is InChI=1S/C13H19ClFNO2/c1-16-11(9-18-6-5-17-2)7-10-3-4-12(14)13(15)8-10/h3-4,8,11,16H,5-7,9H2,1-2H3. The number of nitrogens with one attached hydrogen (secondary N) is 1. The lowest BCUT2D eigenvalue weighted by molar-refractivity contribution is 0.0597. The van der Waals surface area contributed by atoms with Crippen molar-refractivity contribution in [2.75, 3.05) is 34.0 Å². The molecule has 1 aromatic carbocycles. The van der Waals surface area contributed by atoms with Gasteiger partial charge >= 0.3 is 0 Å². The van der Waals surface area contributed by atoms with Crippen LogP contribution in [0.25, 0.3) is 0 Å². The fraction of sp³-hybridized carbons (Fsp3) is 0.538. The number of halogens is 2. The Morgan fingerprint density at radius 1 is 1.39 bits per heavy atom. The highest BCUT2D eigenvalue weighted by atomic mass is 35.5. The summed E-state index contributed by atoms with van der Waals surface area (Å²) < 4.78 is 23.6. The molecule has 1 aromatic rings. The third kappa shape index (κ3) is 5.31. The van der Waals surface area contributed by atoms with E-state index in [9.17, 15) is 4.39 Å². The summed E-state index contributed by atoms with van der Waals surface area (Å²) >= 11 is 5.64. The molecule has 18 heavy (non-hydrogen) atoms. The van der Waals surface area contributed by atoms with Crippen LogP contribution >= 0.6 is 11.6 Å². The van der Waals surface area contributed by atoms with Crippen molar-refractivity contribution >= 4 is 11.6 Å². The van der Waals surface area contributed by atoms with Gasteiger partial charge in [-0.15, -0.1) is 0 Å². The molecule has 0 fully saturated rings. The van der Waals surface area contributed by atoms with Crippen LogP contribution in [0.15, 0.2) is 18.2 Å². The average Bonchev–Trinajstić information content (AvgIpc) is 2.37. The quantitative estimate of drug-likeness (QED) is 0.739. The fourth-order valence-corrected chi connectivity index (χ4v) is 1.68. The Balaban J connectivity index is 2.44. The Hall–Kier alpha value is -0.680. The van der Waals surface area contributed by atoms with Crippen molar-refractivity contribution in [2.24, 2.45) is 0 Å². The van der Waals surface area contributed by atoms with E-state index in [-0.39, 0.29) is 16.9 Å². The van der Waals surface area contributed by atoms with E-state index >= 15 is 0 Å². The number of hydrogen-bond acceptors (Lipinski definition) is 3. The second-order valence-corrected chi connectivity index (χ2v) is 4.41. The monoisotopic (exact) mass is 275 g/mol. The van der Waals surface area contributed by atoms with Crippen molar-refractivity contribution in [3.63, 3.8) is 0 Å². The highest BCUT2D eigenvalue weighted by molar-refractivity contribution is 6.30.